The lowest BCUT2D eigenvalue weighted by molar-refractivity contribution is -0.148. The topological polar surface area (TPSA) is 0 Å². The van der Waals surface area contributed by atoms with Crippen molar-refractivity contribution in [2.45, 2.75) is 32.1 Å². The Kier molecular flexibility index (Phi) is 4.64. The standard InChI is InChI=1S/C17H16F6/c1-12-6-8-15(9-7-12,11-16(18,19)20)10-13-4-2-3-5-14(13)17(21,22)23/h2-9,12H,10-11H2,1H3. The summed E-state index contributed by atoms with van der Waals surface area (Å²) in [4.78, 5) is 0. The first-order valence-corrected chi connectivity index (χ1v) is 7.11. The lowest BCUT2D eigenvalue weighted by atomic mass is 9.74. The van der Waals surface area contributed by atoms with Gasteiger partial charge in [-0.2, -0.15) is 26.3 Å². The van der Waals surface area contributed by atoms with Crippen LogP contribution in [0.1, 0.15) is 24.5 Å². The van der Waals surface area contributed by atoms with Crippen molar-refractivity contribution < 1.29 is 26.3 Å². The van der Waals surface area contributed by atoms with Crippen LogP contribution in [0.2, 0.25) is 0 Å². The van der Waals surface area contributed by atoms with Crippen molar-refractivity contribution >= 4 is 0 Å². The zero-order chi connectivity index (χ0) is 17.3. The minimum atomic E-state index is -4.59. The van der Waals surface area contributed by atoms with E-state index in [0.717, 1.165) is 6.07 Å². The van der Waals surface area contributed by atoms with Gasteiger partial charge >= 0.3 is 12.4 Å². The highest BCUT2D eigenvalue weighted by Gasteiger charge is 2.42. The van der Waals surface area contributed by atoms with Crippen molar-refractivity contribution in [1.29, 1.82) is 0 Å². The molecule has 6 heteroatoms. The zero-order valence-corrected chi connectivity index (χ0v) is 12.4. The Morgan fingerprint density at radius 3 is 2.04 bits per heavy atom. The minimum absolute atomic E-state index is 0.0331. The van der Waals surface area contributed by atoms with Gasteiger partial charge in [0.15, 0.2) is 0 Å². The summed E-state index contributed by atoms with van der Waals surface area (Å²) in [6, 6.07) is 4.78. The van der Waals surface area contributed by atoms with Crippen molar-refractivity contribution in [2.75, 3.05) is 0 Å². The predicted molar refractivity (Wildman–Crippen MR) is 75.7 cm³/mol. The van der Waals surface area contributed by atoms with E-state index in [1.165, 1.54) is 30.4 Å². The Morgan fingerprint density at radius 2 is 1.52 bits per heavy atom. The molecule has 0 atom stereocenters. The second-order valence-electron chi connectivity index (χ2n) is 5.93. The van der Waals surface area contributed by atoms with Gasteiger partial charge in [0.25, 0.3) is 0 Å². The van der Waals surface area contributed by atoms with Crippen LogP contribution >= 0.6 is 0 Å². The normalized spacial score (nSPS) is 24.9. The molecule has 0 amide bonds. The third kappa shape index (κ3) is 4.62. The number of alkyl halides is 6. The molecule has 0 saturated carbocycles. The van der Waals surface area contributed by atoms with Crippen molar-refractivity contribution in [3.8, 4) is 0 Å². The van der Waals surface area contributed by atoms with E-state index in [4.69, 9.17) is 0 Å². The molecule has 0 aromatic heterocycles. The molecular formula is C17H16F6. The molecule has 0 spiro atoms. The smallest absolute Gasteiger partial charge is 0.171 e. The van der Waals surface area contributed by atoms with Gasteiger partial charge in [0.05, 0.1) is 12.0 Å². The summed E-state index contributed by atoms with van der Waals surface area (Å²) in [7, 11) is 0. The number of hydrogen-bond acceptors (Lipinski definition) is 0. The molecule has 0 unspecified atom stereocenters. The van der Waals surface area contributed by atoms with E-state index in [0.29, 0.717) is 0 Å². The number of halogens is 6. The van der Waals surface area contributed by atoms with Gasteiger partial charge in [-0.15, -0.1) is 0 Å². The molecule has 0 N–H and O–H groups in total. The van der Waals surface area contributed by atoms with E-state index >= 15 is 0 Å². The van der Waals surface area contributed by atoms with Gasteiger partial charge in [-0.1, -0.05) is 49.4 Å². The highest BCUT2D eigenvalue weighted by atomic mass is 19.4. The fourth-order valence-electron chi connectivity index (χ4n) is 2.78. The Bertz CT molecular complexity index is 592. The quantitative estimate of drug-likeness (QED) is 0.473. The highest BCUT2D eigenvalue weighted by Crippen LogP contribution is 2.43. The molecule has 0 heterocycles. The lowest BCUT2D eigenvalue weighted by Crippen LogP contribution is -2.29. The molecule has 126 valence electrons. The predicted octanol–water partition coefficient (Wildman–Crippen LogP) is 5.95. The summed E-state index contributed by atoms with van der Waals surface area (Å²) in [5, 5.41) is 0. The summed E-state index contributed by atoms with van der Waals surface area (Å²) in [6.45, 7) is 1.80. The van der Waals surface area contributed by atoms with Crippen LogP contribution in [0.5, 0.6) is 0 Å². The Balaban J connectivity index is 2.41. The van der Waals surface area contributed by atoms with E-state index in [9.17, 15) is 26.3 Å². The second-order valence-corrected chi connectivity index (χ2v) is 5.93. The van der Waals surface area contributed by atoms with E-state index in [2.05, 4.69) is 0 Å². The first kappa shape index (κ1) is 17.6. The van der Waals surface area contributed by atoms with Crippen LogP contribution in [0.3, 0.4) is 0 Å². The third-order valence-corrected chi connectivity index (χ3v) is 3.84. The summed E-state index contributed by atoms with van der Waals surface area (Å²) >= 11 is 0. The molecule has 1 aromatic carbocycles. The summed E-state index contributed by atoms with van der Waals surface area (Å²) in [5.41, 5.74) is -2.50. The van der Waals surface area contributed by atoms with E-state index in [1.807, 2.05) is 0 Å². The number of benzene rings is 1. The van der Waals surface area contributed by atoms with E-state index in [1.54, 1.807) is 19.1 Å². The van der Waals surface area contributed by atoms with Gasteiger partial charge < -0.3 is 0 Å². The highest BCUT2D eigenvalue weighted by molar-refractivity contribution is 5.34. The molecule has 1 aliphatic rings. The van der Waals surface area contributed by atoms with Gasteiger partial charge in [-0.3, -0.25) is 0 Å². The number of hydrogen-bond donors (Lipinski definition) is 0. The summed E-state index contributed by atoms with van der Waals surface area (Å²) in [5.74, 6) is -0.0331. The zero-order valence-electron chi connectivity index (χ0n) is 12.4. The average molecular weight is 334 g/mol. The van der Waals surface area contributed by atoms with Gasteiger partial charge in [0, 0.05) is 5.41 Å². The first-order chi connectivity index (χ1) is 10.5. The van der Waals surface area contributed by atoms with Gasteiger partial charge in [0.2, 0.25) is 0 Å². The van der Waals surface area contributed by atoms with Crippen LogP contribution in [0.15, 0.2) is 48.6 Å². The Morgan fingerprint density at radius 1 is 0.957 bits per heavy atom. The lowest BCUT2D eigenvalue weighted by Gasteiger charge is -2.32. The number of rotatable bonds is 3. The molecule has 0 nitrogen and oxygen atoms in total. The molecular weight excluding hydrogens is 318 g/mol. The Hall–Kier alpha value is -1.72. The molecule has 0 aliphatic heterocycles. The SMILES string of the molecule is CC1C=CC(Cc2ccccc2C(F)(F)F)(CC(F)(F)F)C=C1. The van der Waals surface area contributed by atoms with Crippen molar-refractivity contribution in [3.05, 3.63) is 59.7 Å². The average Bonchev–Trinajstić information content (AvgIpc) is 2.40. The van der Waals surface area contributed by atoms with Crippen LogP contribution in [0.25, 0.3) is 0 Å². The molecule has 0 radical (unpaired) electrons. The fourth-order valence-corrected chi connectivity index (χ4v) is 2.78. The largest absolute Gasteiger partial charge is 0.416 e. The van der Waals surface area contributed by atoms with E-state index < -0.39 is 29.8 Å². The molecule has 1 aromatic rings. The van der Waals surface area contributed by atoms with Crippen molar-refractivity contribution in [3.63, 3.8) is 0 Å². The molecule has 0 fully saturated rings. The van der Waals surface area contributed by atoms with Crippen molar-refractivity contribution in [1.82, 2.24) is 0 Å². The maximum atomic E-state index is 13.1. The molecule has 23 heavy (non-hydrogen) atoms. The van der Waals surface area contributed by atoms with Crippen LogP contribution < -0.4 is 0 Å². The molecule has 2 rings (SSSR count). The summed E-state index contributed by atoms with van der Waals surface area (Å²) < 4.78 is 78.0. The molecule has 0 bridgehead atoms. The monoisotopic (exact) mass is 334 g/mol. The van der Waals surface area contributed by atoms with Crippen LogP contribution in [-0.4, -0.2) is 6.18 Å². The molecule has 1 aliphatic carbocycles. The number of allylic oxidation sites excluding steroid dienone is 4. The van der Waals surface area contributed by atoms with Crippen LogP contribution in [0.4, 0.5) is 26.3 Å². The molecule has 0 saturated heterocycles. The van der Waals surface area contributed by atoms with E-state index in [-0.39, 0.29) is 17.9 Å². The van der Waals surface area contributed by atoms with Crippen molar-refractivity contribution in [2.24, 2.45) is 11.3 Å². The maximum absolute atomic E-state index is 13.1. The third-order valence-electron chi connectivity index (χ3n) is 3.84. The van der Waals surface area contributed by atoms with Gasteiger partial charge in [-0.05, 0) is 24.0 Å². The second kappa shape index (κ2) is 6.06. The van der Waals surface area contributed by atoms with Gasteiger partial charge in [-0.25, -0.2) is 0 Å². The maximum Gasteiger partial charge on any atom is 0.416 e. The fraction of sp³-hybridized carbons (Fsp3) is 0.412. The van der Waals surface area contributed by atoms with Gasteiger partial charge in [0.1, 0.15) is 0 Å². The Labute approximate surface area is 130 Å². The van der Waals surface area contributed by atoms with Crippen LogP contribution in [-0.2, 0) is 12.6 Å². The first-order valence-electron chi connectivity index (χ1n) is 7.11. The summed E-state index contributed by atoms with van der Waals surface area (Å²) in [6.07, 6.45) is -4.62. The minimum Gasteiger partial charge on any atom is -0.171 e. The van der Waals surface area contributed by atoms with Crippen LogP contribution in [0, 0.1) is 11.3 Å².